The number of H-pyrrole nitrogens is 1. The lowest BCUT2D eigenvalue weighted by atomic mass is 10.2. The van der Waals surface area contributed by atoms with Crippen LogP contribution in [0.15, 0.2) is 58.3 Å². The molecule has 0 aliphatic carbocycles. The SMILES string of the molecule is O=C(CSc1n[nH]c(/C=C/c2ccccc2)n1)NCc1ccco1. The number of aromatic amines is 1. The molecule has 0 radical (unpaired) electrons. The summed E-state index contributed by atoms with van der Waals surface area (Å²) in [6.07, 6.45) is 5.38. The standard InChI is InChI=1S/C17H16N4O2S/c22-16(18-11-14-7-4-10-23-14)12-24-17-19-15(20-21-17)9-8-13-5-2-1-3-6-13/h1-10H,11-12H2,(H,18,22)(H,19,20,21)/b9-8+. The molecule has 0 saturated carbocycles. The van der Waals surface area contributed by atoms with Crippen molar-refractivity contribution in [2.24, 2.45) is 0 Å². The maximum absolute atomic E-state index is 11.8. The number of nitrogens with one attached hydrogen (secondary N) is 2. The average molecular weight is 340 g/mol. The number of rotatable bonds is 7. The van der Waals surface area contributed by atoms with Crippen molar-refractivity contribution in [1.29, 1.82) is 0 Å². The molecule has 0 bridgehead atoms. The van der Waals surface area contributed by atoms with Crippen LogP contribution in [0, 0.1) is 0 Å². The molecule has 0 saturated heterocycles. The number of amides is 1. The zero-order valence-electron chi connectivity index (χ0n) is 12.8. The minimum absolute atomic E-state index is 0.0948. The van der Waals surface area contributed by atoms with Crippen LogP contribution < -0.4 is 5.32 Å². The Morgan fingerprint density at radius 1 is 1.21 bits per heavy atom. The Hall–Kier alpha value is -2.80. The number of furan rings is 1. The van der Waals surface area contributed by atoms with E-state index in [-0.39, 0.29) is 11.7 Å². The van der Waals surface area contributed by atoms with Crippen molar-refractivity contribution in [3.63, 3.8) is 0 Å². The van der Waals surface area contributed by atoms with Crippen molar-refractivity contribution in [2.75, 3.05) is 5.75 Å². The number of benzene rings is 1. The van der Waals surface area contributed by atoms with Gasteiger partial charge in [-0.05, 0) is 23.8 Å². The predicted molar refractivity (Wildman–Crippen MR) is 93.0 cm³/mol. The van der Waals surface area contributed by atoms with E-state index in [1.165, 1.54) is 11.8 Å². The lowest BCUT2D eigenvalue weighted by molar-refractivity contribution is -0.118. The van der Waals surface area contributed by atoms with Gasteiger partial charge in [0.05, 0.1) is 18.6 Å². The van der Waals surface area contributed by atoms with Crippen LogP contribution in [-0.2, 0) is 11.3 Å². The third kappa shape index (κ3) is 4.85. The monoisotopic (exact) mass is 340 g/mol. The smallest absolute Gasteiger partial charge is 0.230 e. The van der Waals surface area contributed by atoms with Gasteiger partial charge in [0.15, 0.2) is 0 Å². The Bertz CT molecular complexity index is 797. The summed E-state index contributed by atoms with van der Waals surface area (Å²) in [6.45, 7) is 0.380. The third-order valence-electron chi connectivity index (χ3n) is 3.09. The Morgan fingerprint density at radius 2 is 2.08 bits per heavy atom. The van der Waals surface area contributed by atoms with Crippen LogP contribution in [0.4, 0.5) is 0 Å². The Kier molecular flexibility index (Phi) is 5.47. The largest absolute Gasteiger partial charge is 0.467 e. The van der Waals surface area contributed by atoms with Gasteiger partial charge in [-0.2, -0.15) is 0 Å². The van der Waals surface area contributed by atoms with E-state index in [2.05, 4.69) is 20.5 Å². The third-order valence-corrected chi connectivity index (χ3v) is 3.93. The molecule has 0 fully saturated rings. The molecule has 2 heterocycles. The van der Waals surface area contributed by atoms with Crippen molar-refractivity contribution >= 4 is 29.8 Å². The molecular formula is C17H16N4O2S. The van der Waals surface area contributed by atoms with Crippen LogP contribution >= 0.6 is 11.8 Å². The van der Waals surface area contributed by atoms with E-state index in [0.717, 1.165) is 11.3 Å². The van der Waals surface area contributed by atoms with Gasteiger partial charge in [-0.25, -0.2) is 4.98 Å². The first kappa shape index (κ1) is 16.1. The summed E-state index contributed by atoms with van der Waals surface area (Å²) in [7, 11) is 0. The molecule has 6 nitrogen and oxygen atoms in total. The highest BCUT2D eigenvalue weighted by Crippen LogP contribution is 2.13. The van der Waals surface area contributed by atoms with Crippen LogP contribution in [-0.4, -0.2) is 26.8 Å². The fourth-order valence-electron chi connectivity index (χ4n) is 1.92. The minimum Gasteiger partial charge on any atom is -0.467 e. The molecule has 3 aromatic rings. The van der Waals surface area contributed by atoms with E-state index in [1.54, 1.807) is 12.3 Å². The van der Waals surface area contributed by atoms with Crippen molar-refractivity contribution in [2.45, 2.75) is 11.7 Å². The summed E-state index contributed by atoms with van der Waals surface area (Å²) >= 11 is 1.28. The van der Waals surface area contributed by atoms with E-state index in [1.807, 2.05) is 48.6 Å². The molecule has 2 N–H and O–H groups in total. The average Bonchev–Trinajstić information content (AvgIpc) is 3.29. The van der Waals surface area contributed by atoms with Crippen LogP contribution in [0.3, 0.4) is 0 Å². The first-order valence-electron chi connectivity index (χ1n) is 7.37. The highest BCUT2D eigenvalue weighted by Gasteiger charge is 2.07. The Morgan fingerprint density at radius 3 is 2.88 bits per heavy atom. The lowest BCUT2D eigenvalue weighted by Gasteiger charge is -2.01. The van der Waals surface area contributed by atoms with Crippen LogP contribution in [0.25, 0.3) is 12.2 Å². The lowest BCUT2D eigenvalue weighted by Crippen LogP contribution is -2.24. The van der Waals surface area contributed by atoms with Gasteiger partial charge in [-0.1, -0.05) is 48.2 Å². The number of nitrogens with zero attached hydrogens (tertiary/aromatic N) is 2. The molecule has 3 rings (SSSR count). The van der Waals surface area contributed by atoms with Gasteiger partial charge in [-0.3, -0.25) is 9.89 Å². The molecule has 122 valence electrons. The van der Waals surface area contributed by atoms with Gasteiger partial charge in [0.2, 0.25) is 11.1 Å². The molecule has 24 heavy (non-hydrogen) atoms. The highest BCUT2D eigenvalue weighted by atomic mass is 32.2. The summed E-state index contributed by atoms with van der Waals surface area (Å²) in [6, 6.07) is 13.5. The zero-order chi connectivity index (χ0) is 16.6. The number of hydrogen-bond donors (Lipinski definition) is 2. The van der Waals surface area contributed by atoms with Crippen LogP contribution in [0.1, 0.15) is 17.1 Å². The summed E-state index contributed by atoms with van der Waals surface area (Å²) < 4.78 is 5.15. The van der Waals surface area contributed by atoms with Crippen molar-refractivity contribution in [1.82, 2.24) is 20.5 Å². The first-order chi connectivity index (χ1) is 11.8. The molecule has 0 aliphatic rings. The van der Waals surface area contributed by atoms with E-state index < -0.39 is 0 Å². The molecule has 1 aromatic carbocycles. The van der Waals surface area contributed by atoms with Gasteiger partial charge in [-0.15, -0.1) is 5.10 Å². The second-order valence-electron chi connectivity index (χ2n) is 4.89. The summed E-state index contributed by atoms with van der Waals surface area (Å²) in [5.74, 6) is 1.53. The van der Waals surface area contributed by atoms with E-state index in [4.69, 9.17) is 4.42 Å². The molecule has 0 spiro atoms. The highest BCUT2D eigenvalue weighted by molar-refractivity contribution is 7.99. The molecule has 0 unspecified atom stereocenters. The molecule has 1 amide bonds. The zero-order valence-corrected chi connectivity index (χ0v) is 13.6. The summed E-state index contributed by atoms with van der Waals surface area (Å²) in [5.41, 5.74) is 1.08. The predicted octanol–water partition coefficient (Wildman–Crippen LogP) is 2.98. The molecular weight excluding hydrogens is 324 g/mol. The maximum atomic E-state index is 11.8. The van der Waals surface area contributed by atoms with Gasteiger partial charge < -0.3 is 9.73 Å². The fourth-order valence-corrected chi connectivity index (χ4v) is 2.55. The molecule has 7 heteroatoms. The fraction of sp³-hybridized carbons (Fsp3) is 0.118. The molecule has 2 aromatic heterocycles. The van der Waals surface area contributed by atoms with Crippen molar-refractivity contribution < 1.29 is 9.21 Å². The Balaban J connectivity index is 1.45. The second kappa shape index (κ2) is 8.16. The number of carbonyl (C=O) groups excluding carboxylic acids is 1. The minimum atomic E-state index is -0.0948. The number of carbonyl (C=O) groups is 1. The van der Waals surface area contributed by atoms with Crippen LogP contribution in [0.2, 0.25) is 0 Å². The van der Waals surface area contributed by atoms with Crippen molar-refractivity contribution in [3.05, 3.63) is 65.9 Å². The Labute approximate surface area is 143 Å². The van der Waals surface area contributed by atoms with Gasteiger partial charge in [0, 0.05) is 0 Å². The van der Waals surface area contributed by atoms with E-state index in [9.17, 15) is 4.79 Å². The first-order valence-corrected chi connectivity index (χ1v) is 8.35. The second-order valence-corrected chi connectivity index (χ2v) is 5.83. The quantitative estimate of drug-likeness (QED) is 0.646. The summed E-state index contributed by atoms with van der Waals surface area (Å²) in [5, 5.41) is 10.2. The molecule has 0 atom stereocenters. The van der Waals surface area contributed by atoms with Crippen molar-refractivity contribution in [3.8, 4) is 0 Å². The van der Waals surface area contributed by atoms with Crippen LogP contribution in [0.5, 0.6) is 0 Å². The van der Waals surface area contributed by atoms with E-state index in [0.29, 0.717) is 17.5 Å². The normalized spacial score (nSPS) is 11.0. The number of thioether (sulfide) groups is 1. The van der Waals surface area contributed by atoms with Gasteiger partial charge in [0.25, 0.3) is 0 Å². The molecule has 0 aliphatic heterocycles. The van der Waals surface area contributed by atoms with Gasteiger partial charge >= 0.3 is 0 Å². The maximum Gasteiger partial charge on any atom is 0.230 e. The topological polar surface area (TPSA) is 83.8 Å². The number of hydrogen-bond acceptors (Lipinski definition) is 5. The van der Waals surface area contributed by atoms with Gasteiger partial charge in [0.1, 0.15) is 11.6 Å². The number of aromatic nitrogens is 3. The summed E-state index contributed by atoms with van der Waals surface area (Å²) in [4.78, 5) is 16.1. The van der Waals surface area contributed by atoms with E-state index >= 15 is 0 Å².